The average molecular weight is 216 g/mol. The van der Waals surface area contributed by atoms with Crippen LogP contribution in [0.2, 0.25) is 0 Å². The number of ether oxygens (including phenoxy) is 1. The third kappa shape index (κ3) is 2.67. The average Bonchev–Trinajstić information content (AvgIpc) is 2.28. The summed E-state index contributed by atoms with van der Waals surface area (Å²) in [5.74, 6) is 1.04. The van der Waals surface area contributed by atoms with E-state index in [1.165, 1.54) is 0 Å². The molecule has 2 N–H and O–H groups in total. The van der Waals surface area contributed by atoms with Crippen LogP contribution in [0.5, 0.6) is 17.2 Å². The summed E-state index contributed by atoms with van der Waals surface area (Å²) in [6.45, 7) is 0.406. The van der Waals surface area contributed by atoms with Gasteiger partial charge in [-0.3, -0.25) is 0 Å². The number of rotatable bonds is 3. The fourth-order valence-electron chi connectivity index (χ4n) is 1.33. The van der Waals surface area contributed by atoms with Crippen molar-refractivity contribution in [3.8, 4) is 17.2 Å². The monoisotopic (exact) mass is 216 g/mol. The number of phenols is 2. The lowest BCUT2D eigenvalue weighted by atomic mass is 10.2. The standard InChI is InChI=1S/C13H12O3/c14-11-6-4-10(5-7-11)9-16-13-3-1-2-12(15)8-13/h1-8,14-15H,9H2. The Morgan fingerprint density at radius 3 is 2.31 bits per heavy atom. The van der Waals surface area contributed by atoms with Crippen molar-refractivity contribution in [2.24, 2.45) is 0 Å². The number of phenolic OH excluding ortho intramolecular Hbond substituents is 2. The van der Waals surface area contributed by atoms with Gasteiger partial charge in [-0.15, -0.1) is 0 Å². The zero-order valence-electron chi connectivity index (χ0n) is 8.63. The van der Waals surface area contributed by atoms with E-state index in [1.54, 1.807) is 48.5 Å². The van der Waals surface area contributed by atoms with Crippen LogP contribution in [0.15, 0.2) is 48.5 Å². The van der Waals surface area contributed by atoms with Crippen molar-refractivity contribution in [2.45, 2.75) is 6.61 Å². The van der Waals surface area contributed by atoms with Gasteiger partial charge >= 0.3 is 0 Å². The van der Waals surface area contributed by atoms with Crippen molar-refractivity contribution in [3.05, 3.63) is 54.1 Å². The maximum Gasteiger partial charge on any atom is 0.123 e. The van der Waals surface area contributed by atoms with Crippen LogP contribution in [0.1, 0.15) is 5.56 Å². The van der Waals surface area contributed by atoms with Crippen molar-refractivity contribution in [3.63, 3.8) is 0 Å². The summed E-state index contributed by atoms with van der Waals surface area (Å²) in [4.78, 5) is 0. The molecule has 2 aromatic carbocycles. The van der Waals surface area contributed by atoms with Gasteiger partial charge in [-0.1, -0.05) is 18.2 Å². The van der Waals surface area contributed by atoms with Gasteiger partial charge in [0.2, 0.25) is 0 Å². The van der Waals surface area contributed by atoms with Gasteiger partial charge in [0, 0.05) is 6.07 Å². The van der Waals surface area contributed by atoms with E-state index >= 15 is 0 Å². The Hall–Kier alpha value is -2.16. The highest BCUT2D eigenvalue weighted by Gasteiger charge is 1.97. The molecule has 16 heavy (non-hydrogen) atoms. The van der Waals surface area contributed by atoms with Gasteiger partial charge in [-0.25, -0.2) is 0 Å². The van der Waals surface area contributed by atoms with Gasteiger partial charge in [-0.2, -0.15) is 0 Å². The van der Waals surface area contributed by atoms with Crippen LogP contribution in [0.3, 0.4) is 0 Å². The maximum absolute atomic E-state index is 9.23. The van der Waals surface area contributed by atoms with E-state index in [4.69, 9.17) is 9.84 Å². The quantitative estimate of drug-likeness (QED) is 0.829. The molecule has 0 fully saturated rings. The van der Waals surface area contributed by atoms with Crippen LogP contribution in [-0.4, -0.2) is 10.2 Å². The van der Waals surface area contributed by atoms with E-state index in [9.17, 15) is 5.11 Å². The van der Waals surface area contributed by atoms with Crippen molar-refractivity contribution < 1.29 is 14.9 Å². The summed E-state index contributed by atoms with van der Waals surface area (Å²) in [5, 5.41) is 18.3. The predicted octanol–water partition coefficient (Wildman–Crippen LogP) is 2.68. The Morgan fingerprint density at radius 2 is 1.62 bits per heavy atom. The van der Waals surface area contributed by atoms with E-state index in [2.05, 4.69) is 0 Å². The smallest absolute Gasteiger partial charge is 0.123 e. The Labute approximate surface area is 93.6 Å². The summed E-state index contributed by atoms with van der Waals surface area (Å²) in [7, 11) is 0. The van der Waals surface area contributed by atoms with Crippen LogP contribution < -0.4 is 4.74 Å². The highest BCUT2D eigenvalue weighted by Crippen LogP contribution is 2.19. The molecule has 0 saturated carbocycles. The molecule has 0 radical (unpaired) electrons. The first kappa shape index (κ1) is 10.4. The zero-order valence-corrected chi connectivity index (χ0v) is 8.63. The lowest BCUT2D eigenvalue weighted by Gasteiger charge is -2.06. The Bertz CT molecular complexity index is 463. The fraction of sp³-hybridized carbons (Fsp3) is 0.0769. The second kappa shape index (κ2) is 4.57. The van der Waals surface area contributed by atoms with Gasteiger partial charge in [0.15, 0.2) is 0 Å². The summed E-state index contributed by atoms with van der Waals surface area (Å²) in [5.41, 5.74) is 0.959. The minimum atomic E-state index is 0.184. The Morgan fingerprint density at radius 1 is 0.875 bits per heavy atom. The Kier molecular flexibility index (Phi) is 2.96. The van der Waals surface area contributed by atoms with Gasteiger partial charge in [0.05, 0.1) is 0 Å². The van der Waals surface area contributed by atoms with Crippen LogP contribution in [-0.2, 0) is 6.61 Å². The first-order valence-electron chi connectivity index (χ1n) is 4.94. The van der Waals surface area contributed by atoms with E-state index in [0.29, 0.717) is 12.4 Å². The molecule has 82 valence electrons. The van der Waals surface area contributed by atoms with Crippen molar-refractivity contribution in [1.82, 2.24) is 0 Å². The molecule has 2 aromatic rings. The molecule has 3 nitrogen and oxygen atoms in total. The molecule has 0 aromatic heterocycles. The predicted molar refractivity (Wildman–Crippen MR) is 60.5 cm³/mol. The summed E-state index contributed by atoms with van der Waals surface area (Å²) >= 11 is 0. The first-order valence-corrected chi connectivity index (χ1v) is 4.94. The molecule has 0 amide bonds. The third-order valence-corrected chi connectivity index (χ3v) is 2.16. The van der Waals surface area contributed by atoms with Crippen LogP contribution in [0.4, 0.5) is 0 Å². The minimum absolute atomic E-state index is 0.184. The number of aromatic hydroxyl groups is 2. The fourth-order valence-corrected chi connectivity index (χ4v) is 1.33. The van der Waals surface area contributed by atoms with Gasteiger partial charge in [0.25, 0.3) is 0 Å². The molecule has 0 heterocycles. The van der Waals surface area contributed by atoms with Gasteiger partial charge < -0.3 is 14.9 Å². The molecule has 0 aliphatic carbocycles. The highest BCUT2D eigenvalue weighted by molar-refractivity contribution is 5.32. The molecule has 0 bridgehead atoms. The van der Waals surface area contributed by atoms with E-state index in [-0.39, 0.29) is 11.5 Å². The SMILES string of the molecule is Oc1ccc(COc2cccc(O)c2)cc1. The molecule has 0 aliphatic heterocycles. The second-order valence-corrected chi connectivity index (χ2v) is 3.45. The molecule has 0 spiro atoms. The van der Waals surface area contributed by atoms with Crippen LogP contribution in [0, 0.1) is 0 Å². The summed E-state index contributed by atoms with van der Waals surface area (Å²) in [6.07, 6.45) is 0. The molecule has 0 aliphatic rings. The van der Waals surface area contributed by atoms with Crippen molar-refractivity contribution in [1.29, 1.82) is 0 Å². The van der Waals surface area contributed by atoms with Crippen molar-refractivity contribution in [2.75, 3.05) is 0 Å². The lowest BCUT2D eigenvalue weighted by Crippen LogP contribution is -1.94. The van der Waals surface area contributed by atoms with Gasteiger partial charge in [-0.05, 0) is 29.8 Å². The van der Waals surface area contributed by atoms with E-state index in [0.717, 1.165) is 5.56 Å². The topological polar surface area (TPSA) is 49.7 Å². The van der Waals surface area contributed by atoms with Crippen LogP contribution in [0.25, 0.3) is 0 Å². The largest absolute Gasteiger partial charge is 0.508 e. The molecular formula is C13H12O3. The first-order chi connectivity index (χ1) is 7.74. The third-order valence-electron chi connectivity index (χ3n) is 2.16. The molecule has 0 saturated heterocycles. The van der Waals surface area contributed by atoms with Crippen molar-refractivity contribution >= 4 is 0 Å². The molecule has 0 unspecified atom stereocenters. The minimum Gasteiger partial charge on any atom is -0.508 e. The lowest BCUT2D eigenvalue weighted by molar-refractivity contribution is 0.304. The maximum atomic E-state index is 9.23. The highest BCUT2D eigenvalue weighted by atomic mass is 16.5. The van der Waals surface area contributed by atoms with E-state index in [1.807, 2.05) is 0 Å². The normalized spacial score (nSPS) is 10.0. The second-order valence-electron chi connectivity index (χ2n) is 3.45. The molecule has 0 atom stereocenters. The van der Waals surface area contributed by atoms with E-state index < -0.39 is 0 Å². The Balaban J connectivity index is 1.99. The molecule has 2 rings (SSSR count). The summed E-state index contributed by atoms with van der Waals surface area (Å²) in [6, 6.07) is 13.5. The molecular weight excluding hydrogens is 204 g/mol. The number of hydrogen-bond donors (Lipinski definition) is 2. The molecule has 3 heteroatoms. The van der Waals surface area contributed by atoms with Gasteiger partial charge in [0.1, 0.15) is 23.9 Å². The summed E-state index contributed by atoms with van der Waals surface area (Å²) < 4.78 is 5.47. The zero-order chi connectivity index (χ0) is 11.4. The van der Waals surface area contributed by atoms with Crippen LogP contribution >= 0.6 is 0 Å². The number of hydrogen-bond acceptors (Lipinski definition) is 3. The number of benzene rings is 2.